The van der Waals surface area contributed by atoms with Crippen molar-refractivity contribution in [2.75, 3.05) is 19.1 Å². The Morgan fingerprint density at radius 3 is 2.71 bits per heavy atom. The maximum Gasteiger partial charge on any atom is 0.337 e. The summed E-state index contributed by atoms with van der Waals surface area (Å²) in [7, 11) is 2.93. The topological polar surface area (TPSA) is 85.6 Å². The summed E-state index contributed by atoms with van der Waals surface area (Å²) in [6.45, 7) is 0. The standard InChI is InChI=1S/C14H13N3O4/c1-16(11-4-3-7-15-9-11)13-8-10(14(18)21-2)5-6-12(13)17(19)20/h3-9H,1-2H3. The number of methoxy groups -OCH3 is 1. The second-order valence-electron chi connectivity index (χ2n) is 4.22. The van der Waals surface area contributed by atoms with Gasteiger partial charge in [0.1, 0.15) is 5.69 Å². The lowest BCUT2D eigenvalue weighted by molar-refractivity contribution is -0.384. The van der Waals surface area contributed by atoms with Crippen molar-refractivity contribution >= 4 is 23.0 Å². The molecule has 0 N–H and O–H groups in total. The molecule has 0 unspecified atom stereocenters. The van der Waals surface area contributed by atoms with Crippen LogP contribution in [0.4, 0.5) is 17.1 Å². The normalized spacial score (nSPS) is 10.0. The fourth-order valence-electron chi connectivity index (χ4n) is 1.88. The second kappa shape index (κ2) is 6.00. The van der Waals surface area contributed by atoms with Gasteiger partial charge in [-0.25, -0.2) is 4.79 Å². The number of anilines is 2. The number of benzene rings is 1. The van der Waals surface area contributed by atoms with Gasteiger partial charge in [-0.2, -0.15) is 0 Å². The van der Waals surface area contributed by atoms with Crippen molar-refractivity contribution in [3.8, 4) is 0 Å². The molecule has 0 fully saturated rings. The molecule has 2 rings (SSSR count). The highest BCUT2D eigenvalue weighted by Gasteiger charge is 2.21. The van der Waals surface area contributed by atoms with Crippen molar-refractivity contribution in [2.45, 2.75) is 0 Å². The van der Waals surface area contributed by atoms with Crippen LogP contribution in [0.3, 0.4) is 0 Å². The van der Waals surface area contributed by atoms with Crippen LogP contribution in [0.25, 0.3) is 0 Å². The van der Waals surface area contributed by atoms with Crippen molar-refractivity contribution < 1.29 is 14.5 Å². The predicted octanol–water partition coefficient (Wildman–Crippen LogP) is 2.54. The Morgan fingerprint density at radius 2 is 2.14 bits per heavy atom. The lowest BCUT2D eigenvalue weighted by Crippen LogP contribution is -2.13. The van der Waals surface area contributed by atoms with Crippen LogP contribution < -0.4 is 4.90 Å². The molecule has 1 aromatic heterocycles. The lowest BCUT2D eigenvalue weighted by atomic mass is 10.1. The zero-order valence-corrected chi connectivity index (χ0v) is 11.5. The van der Waals surface area contributed by atoms with Gasteiger partial charge >= 0.3 is 5.97 Å². The molecule has 0 aliphatic carbocycles. The van der Waals surface area contributed by atoms with E-state index in [1.807, 2.05) is 0 Å². The number of nitro benzene ring substituents is 1. The van der Waals surface area contributed by atoms with Crippen LogP contribution in [0.2, 0.25) is 0 Å². The van der Waals surface area contributed by atoms with E-state index in [2.05, 4.69) is 9.72 Å². The molecule has 0 saturated heterocycles. The smallest absolute Gasteiger partial charge is 0.337 e. The van der Waals surface area contributed by atoms with Gasteiger partial charge in [0.15, 0.2) is 0 Å². The molecule has 2 aromatic rings. The van der Waals surface area contributed by atoms with E-state index >= 15 is 0 Å². The van der Waals surface area contributed by atoms with Gasteiger partial charge in [-0.05, 0) is 24.3 Å². The maximum atomic E-state index is 11.6. The van der Waals surface area contributed by atoms with E-state index < -0.39 is 10.9 Å². The Balaban J connectivity index is 2.53. The van der Waals surface area contributed by atoms with Crippen molar-refractivity contribution in [2.24, 2.45) is 0 Å². The van der Waals surface area contributed by atoms with Crippen LogP contribution >= 0.6 is 0 Å². The minimum atomic E-state index is -0.550. The number of pyridine rings is 1. The van der Waals surface area contributed by atoms with E-state index in [0.29, 0.717) is 5.69 Å². The summed E-state index contributed by atoms with van der Waals surface area (Å²) in [4.78, 5) is 27.8. The number of nitrogens with zero attached hydrogens (tertiary/aromatic N) is 3. The maximum absolute atomic E-state index is 11.6. The first-order valence-electron chi connectivity index (χ1n) is 6.05. The number of esters is 1. The molecule has 7 heteroatoms. The van der Waals surface area contributed by atoms with E-state index in [0.717, 1.165) is 0 Å². The minimum Gasteiger partial charge on any atom is -0.465 e. The molecule has 1 aromatic carbocycles. The SMILES string of the molecule is COC(=O)c1ccc([N+](=O)[O-])c(N(C)c2cccnc2)c1. The molecule has 0 bridgehead atoms. The molecular weight excluding hydrogens is 274 g/mol. The second-order valence-corrected chi connectivity index (χ2v) is 4.22. The summed E-state index contributed by atoms with van der Waals surface area (Å²) < 4.78 is 4.64. The number of aromatic nitrogens is 1. The first kappa shape index (κ1) is 14.4. The molecule has 1 heterocycles. The molecule has 0 radical (unpaired) electrons. The average Bonchev–Trinajstić information content (AvgIpc) is 2.53. The molecule has 0 spiro atoms. The van der Waals surface area contributed by atoms with Crippen molar-refractivity contribution in [3.63, 3.8) is 0 Å². The summed E-state index contributed by atoms with van der Waals surface area (Å²) in [5.74, 6) is -0.550. The molecular formula is C14H13N3O4. The van der Waals surface area contributed by atoms with Crippen LogP contribution in [0.1, 0.15) is 10.4 Å². The highest BCUT2D eigenvalue weighted by atomic mass is 16.6. The van der Waals surface area contributed by atoms with E-state index in [1.54, 1.807) is 36.5 Å². The zero-order chi connectivity index (χ0) is 15.4. The number of nitro groups is 1. The van der Waals surface area contributed by atoms with Gasteiger partial charge in [-0.3, -0.25) is 15.1 Å². The van der Waals surface area contributed by atoms with Gasteiger partial charge in [0.05, 0.1) is 29.5 Å². The Kier molecular flexibility index (Phi) is 4.13. The summed E-state index contributed by atoms with van der Waals surface area (Å²) >= 11 is 0. The van der Waals surface area contributed by atoms with E-state index in [1.165, 1.54) is 25.3 Å². The molecule has 108 valence electrons. The Labute approximate surface area is 120 Å². The molecule has 0 saturated carbocycles. The van der Waals surface area contributed by atoms with E-state index in [4.69, 9.17) is 0 Å². The minimum absolute atomic E-state index is 0.103. The Morgan fingerprint density at radius 1 is 1.38 bits per heavy atom. The molecule has 21 heavy (non-hydrogen) atoms. The first-order valence-corrected chi connectivity index (χ1v) is 6.05. The van der Waals surface area contributed by atoms with Gasteiger partial charge in [-0.15, -0.1) is 0 Å². The van der Waals surface area contributed by atoms with E-state index in [-0.39, 0.29) is 16.9 Å². The summed E-state index contributed by atoms with van der Waals surface area (Å²) in [6, 6.07) is 7.57. The number of rotatable bonds is 4. The number of carbonyl (C=O) groups excluding carboxylic acids is 1. The van der Waals surface area contributed by atoms with Gasteiger partial charge < -0.3 is 9.64 Å². The van der Waals surface area contributed by atoms with Crippen LogP contribution in [0, 0.1) is 10.1 Å². The van der Waals surface area contributed by atoms with Gasteiger partial charge in [0, 0.05) is 19.3 Å². The highest BCUT2D eigenvalue weighted by molar-refractivity contribution is 5.92. The third-order valence-electron chi connectivity index (χ3n) is 2.99. The Bertz CT molecular complexity index is 673. The van der Waals surface area contributed by atoms with Crippen LogP contribution in [-0.2, 0) is 4.74 Å². The van der Waals surface area contributed by atoms with Crippen molar-refractivity contribution in [1.29, 1.82) is 0 Å². The van der Waals surface area contributed by atoms with Crippen molar-refractivity contribution in [3.05, 3.63) is 58.4 Å². The fraction of sp³-hybridized carbons (Fsp3) is 0.143. The molecule has 0 amide bonds. The number of carbonyl (C=O) groups is 1. The fourth-order valence-corrected chi connectivity index (χ4v) is 1.88. The number of ether oxygens (including phenoxy) is 1. The molecule has 0 aliphatic heterocycles. The highest BCUT2D eigenvalue weighted by Crippen LogP contribution is 2.33. The number of hydrogen-bond acceptors (Lipinski definition) is 6. The van der Waals surface area contributed by atoms with E-state index in [9.17, 15) is 14.9 Å². The summed E-state index contributed by atoms with van der Waals surface area (Å²) in [6.07, 6.45) is 3.19. The third-order valence-corrected chi connectivity index (χ3v) is 2.99. The van der Waals surface area contributed by atoms with Gasteiger partial charge in [0.25, 0.3) is 5.69 Å². The zero-order valence-electron chi connectivity index (χ0n) is 11.5. The third kappa shape index (κ3) is 2.97. The predicted molar refractivity (Wildman–Crippen MR) is 76.7 cm³/mol. The monoisotopic (exact) mass is 287 g/mol. The first-order chi connectivity index (χ1) is 10.0. The Hall–Kier alpha value is -2.96. The average molecular weight is 287 g/mol. The number of hydrogen-bond donors (Lipinski definition) is 0. The van der Waals surface area contributed by atoms with Gasteiger partial charge in [-0.1, -0.05) is 0 Å². The summed E-state index contributed by atoms with van der Waals surface area (Å²) in [5, 5.41) is 11.2. The van der Waals surface area contributed by atoms with Crippen LogP contribution in [0.15, 0.2) is 42.7 Å². The largest absolute Gasteiger partial charge is 0.465 e. The van der Waals surface area contributed by atoms with Crippen LogP contribution in [-0.4, -0.2) is 30.0 Å². The lowest BCUT2D eigenvalue weighted by Gasteiger charge is -2.19. The van der Waals surface area contributed by atoms with Crippen molar-refractivity contribution in [1.82, 2.24) is 4.98 Å². The molecule has 0 atom stereocenters. The molecule has 0 aliphatic rings. The summed E-state index contributed by atoms with van der Waals surface area (Å²) in [5.41, 5.74) is 1.10. The molecule has 7 nitrogen and oxygen atoms in total. The quantitative estimate of drug-likeness (QED) is 0.488. The van der Waals surface area contributed by atoms with Crippen LogP contribution in [0.5, 0.6) is 0 Å². The van der Waals surface area contributed by atoms with Gasteiger partial charge in [0.2, 0.25) is 0 Å².